The highest BCUT2D eigenvalue weighted by molar-refractivity contribution is 5.80. The van der Waals surface area contributed by atoms with Crippen molar-refractivity contribution in [3.05, 3.63) is 57.6 Å². The minimum absolute atomic E-state index is 0.0192. The SMILES string of the molecule is COc1ccc2nc(CN3CCc4c(nc(N5C[C@H](C)O[C@@H](C)C5)[nH]c4=O)C3)ccc2c1. The lowest BCUT2D eigenvalue weighted by molar-refractivity contribution is -0.00576. The number of fused-ring (bicyclic) bond motifs is 2. The highest BCUT2D eigenvalue weighted by atomic mass is 16.5. The number of nitrogens with zero attached hydrogens (tertiary/aromatic N) is 4. The van der Waals surface area contributed by atoms with E-state index in [1.54, 1.807) is 7.11 Å². The zero-order valence-electron chi connectivity index (χ0n) is 18.8. The lowest BCUT2D eigenvalue weighted by Crippen LogP contribution is -2.47. The van der Waals surface area contributed by atoms with Crippen molar-refractivity contribution in [1.82, 2.24) is 19.9 Å². The summed E-state index contributed by atoms with van der Waals surface area (Å²) in [5, 5.41) is 1.06. The molecule has 2 aromatic heterocycles. The minimum atomic E-state index is -0.0192. The van der Waals surface area contributed by atoms with Crippen LogP contribution in [-0.2, 0) is 24.2 Å². The largest absolute Gasteiger partial charge is 0.497 e. The fourth-order valence-corrected chi connectivity index (χ4v) is 4.71. The van der Waals surface area contributed by atoms with Crippen LogP contribution in [0.1, 0.15) is 30.8 Å². The molecule has 0 aliphatic carbocycles. The second-order valence-electron chi connectivity index (χ2n) is 8.80. The van der Waals surface area contributed by atoms with Gasteiger partial charge in [0.1, 0.15) is 5.75 Å². The topological polar surface area (TPSA) is 83.6 Å². The molecule has 0 amide bonds. The van der Waals surface area contributed by atoms with E-state index in [1.807, 2.05) is 32.0 Å². The molecule has 2 aliphatic heterocycles. The van der Waals surface area contributed by atoms with Crippen molar-refractivity contribution in [3.8, 4) is 5.75 Å². The number of hydrogen-bond acceptors (Lipinski definition) is 7. The lowest BCUT2D eigenvalue weighted by atomic mass is 10.1. The molecule has 8 heteroatoms. The molecular weight excluding hydrogens is 406 g/mol. The Labute approximate surface area is 187 Å². The molecule has 4 heterocycles. The van der Waals surface area contributed by atoms with Gasteiger partial charge in [-0.25, -0.2) is 4.98 Å². The lowest BCUT2D eigenvalue weighted by Gasteiger charge is -2.36. The molecule has 3 aromatic rings. The standard InChI is InChI=1S/C24H29N5O3/c1-15-11-29(12-16(2)32-15)24-26-22-14-28(9-8-20(22)23(30)27-24)13-18-5-4-17-10-19(31-3)6-7-21(17)25-18/h4-7,10,15-16H,8-9,11-14H2,1-3H3,(H,26,27,30)/t15-,16-/m0/s1. The average Bonchev–Trinajstić information content (AvgIpc) is 2.78. The third-order valence-corrected chi connectivity index (χ3v) is 6.20. The summed E-state index contributed by atoms with van der Waals surface area (Å²) in [5.74, 6) is 1.48. The van der Waals surface area contributed by atoms with Gasteiger partial charge in [-0.3, -0.25) is 19.7 Å². The second-order valence-corrected chi connectivity index (χ2v) is 8.80. The van der Waals surface area contributed by atoms with E-state index in [4.69, 9.17) is 19.4 Å². The Balaban J connectivity index is 1.35. The first kappa shape index (κ1) is 20.9. The molecule has 32 heavy (non-hydrogen) atoms. The number of nitrogens with one attached hydrogen (secondary N) is 1. The van der Waals surface area contributed by atoms with E-state index in [0.717, 1.165) is 59.8 Å². The van der Waals surface area contributed by atoms with E-state index in [1.165, 1.54) is 0 Å². The fraction of sp³-hybridized carbons (Fsp3) is 0.458. The van der Waals surface area contributed by atoms with Crippen LogP contribution in [-0.4, -0.2) is 58.8 Å². The number of rotatable bonds is 4. The number of anilines is 1. The molecule has 5 rings (SSSR count). The zero-order valence-corrected chi connectivity index (χ0v) is 18.8. The van der Waals surface area contributed by atoms with E-state index in [9.17, 15) is 4.79 Å². The van der Waals surface area contributed by atoms with Crippen molar-refractivity contribution in [2.75, 3.05) is 31.6 Å². The van der Waals surface area contributed by atoms with Gasteiger partial charge in [-0.15, -0.1) is 0 Å². The summed E-state index contributed by atoms with van der Waals surface area (Å²) in [6.07, 6.45) is 0.907. The van der Waals surface area contributed by atoms with Crippen LogP contribution in [0.25, 0.3) is 10.9 Å². The van der Waals surface area contributed by atoms with Crippen LogP contribution in [0.4, 0.5) is 5.95 Å². The van der Waals surface area contributed by atoms with Gasteiger partial charge in [0.25, 0.3) is 5.56 Å². The second kappa shape index (κ2) is 8.52. The maximum Gasteiger partial charge on any atom is 0.255 e. The van der Waals surface area contributed by atoms with Crippen LogP contribution in [0.3, 0.4) is 0 Å². The molecule has 1 saturated heterocycles. The fourth-order valence-electron chi connectivity index (χ4n) is 4.71. The number of benzene rings is 1. The molecule has 0 bridgehead atoms. The summed E-state index contributed by atoms with van der Waals surface area (Å²) in [6, 6.07) is 10.1. The number of ether oxygens (including phenoxy) is 2. The number of H-pyrrole nitrogens is 1. The van der Waals surface area contributed by atoms with Crippen molar-refractivity contribution < 1.29 is 9.47 Å². The number of aromatic nitrogens is 3. The highest BCUT2D eigenvalue weighted by Crippen LogP contribution is 2.23. The molecule has 168 valence electrons. The Kier molecular flexibility index (Phi) is 5.57. The zero-order chi connectivity index (χ0) is 22.2. The van der Waals surface area contributed by atoms with Gasteiger partial charge in [-0.2, -0.15) is 0 Å². The van der Waals surface area contributed by atoms with Crippen molar-refractivity contribution in [1.29, 1.82) is 0 Å². The number of hydrogen-bond donors (Lipinski definition) is 1. The van der Waals surface area contributed by atoms with Crippen molar-refractivity contribution in [2.24, 2.45) is 0 Å². The van der Waals surface area contributed by atoms with Crippen LogP contribution >= 0.6 is 0 Å². The van der Waals surface area contributed by atoms with Crippen molar-refractivity contribution in [3.63, 3.8) is 0 Å². The maximum absolute atomic E-state index is 12.8. The van der Waals surface area contributed by atoms with Gasteiger partial charge in [-0.1, -0.05) is 6.07 Å². The van der Waals surface area contributed by atoms with Crippen LogP contribution < -0.4 is 15.2 Å². The smallest absolute Gasteiger partial charge is 0.255 e. The third kappa shape index (κ3) is 4.20. The number of morpholine rings is 1. The Hall–Kier alpha value is -2.97. The van der Waals surface area contributed by atoms with E-state index in [-0.39, 0.29) is 17.8 Å². The molecule has 0 radical (unpaired) electrons. The normalized spacial score (nSPS) is 21.5. The maximum atomic E-state index is 12.8. The van der Waals surface area contributed by atoms with E-state index in [0.29, 0.717) is 18.9 Å². The van der Waals surface area contributed by atoms with Gasteiger partial charge in [-0.05, 0) is 44.5 Å². The summed E-state index contributed by atoms with van der Waals surface area (Å²) >= 11 is 0. The summed E-state index contributed by atoms with van der Waals surface area (Å²) in [7, 11) is 1.67. The minimum Gasteiger partial charge on any atom is -0.497 e. The Bertz CT molecular complexity index is 1180. The van der Waals surface area contributed by atoms with Crippen LogP contribution in [0.15, 0.2) is 35.1 Å². The van der Waals surface area contributed by atoms with Crippen LogP contribution in [0.5, 0.6) is 5.75 Å². The van der Waals surface area contributed by atoms with Crippen LogP contribution in [0, 0.1) is 0 Å². The monoisotopic (exact) mass is 435 g/mol. The highest BCUT2D eigenvalue weighted by Gasteiger charge is 2.27. The van der Waals surface area contributed by atoms with Crippen molar-refractivity contribution in [2.45, 2.75) is 45.6 Å². The third-order valence-electron chi connectivity index (χ3n) is 6.20. The summed E-state index contributed by atoms with van der Waals surface area (Å²) in [4.78, 5) is 29.9. The van der Waals surface area contributed by atoms with Gasteiger partial charge in [0, 0.05) is 43.7 Å². The first-order valence-electron chi connectivity index (χ1n) is 11.2. The molecule has 0 saturated carbocycles. The van der Waals surface area contributed by atoms with E-state index in [2.05, 4.69) is 26.9 Å². The predicted molar refractivity (Wildman–Crippen MR) is 123 cm³/mol. The molecule has 1 aromatic carbocycles. The van der Waals surface area contributed by atoms with Gasteiger partial charge in [0.15, 0.2) is 0 Å². The van der Waals surface area contributed by atoms with Crippen molar-refractivity contribution >= 4 is 16.9 Å². The molecule has 0 unspecified atom stereocenters. The van der Waals surface area contributed by atoms with Crippen LogP contribution in [0.2, 0.25) is 0 Å². The molecule has 2 atom stereocenters. The van der Waals surface area contributed by atoms with E-state index < -0.39 is 0 Å². The number of methoxy groups -OCH3 is 1. The first-order chi connectivity index (χ1) is 15.5. The van der Waals surface area contributed by atoms with Gasteiger partial charge in [0.2, 0.25) is 5.95 Å². The van der Waals surface area contributed by atoms with Gasteiger partial charge >= 0.3 is 0 Å². The summed E-state index contributed by atoms with van der Waals surface area (Å²) in [5.41, 5.74) is 3.61. The predicted octanol–water partition coefficient (Wildman–Crippen LogP) is 2.50. The number of pyridine rings is 1. The summed E-state index contributed by atoms with van der Waals surface area (Å²) < 4.78 is 11.1. The average molecular weight is 436 g/mol. The Morgan fingerprint density at radius 1 is 1.16 bits per heavy atom. The summed E-state index contributed by atoms with van der Waals surface area (Å²) in [6.45, 7) is 7.72. The Morgan fingerprint density at radius 3 is 2.75 bits per heavy atom. The molecule has 8 nitrogen and oxygen atoms in total. The molecule has 1 fully saturated rings. The first-order valence-corrected chi connectivity index (χ1v) is 11.2. The van der Waals surface area contributed by atoms with Gasteiger partial charge < -0.3 is 14.4 Å². The van der Waals surface area contributed by atoms with E-state index >= 15 is 0 Å². The molecule has 2 aliphatic rings. The molecular formula is C24H29N5O3. The Morgan fingerprint density at radius 2 is 1.97 bits per heavy atom. The molecule has 0 spiro atoms. The molecule has 1 N–H and O–H groups in total. The van der Waals surface area contributed by atoms with Gasteiger partial charge in [0.05, 0.1) is 36.2 Å². The number of aromatic amines is 1. The quantitative estimate of drug-likeness (QED) is 0.674.